The Hall–Kier alpha value is -1.35. The van der Waals surface area contributed by atoms with Gasteiger partial charge in [-0.1, -0.05) is 44.2 Å². The summed E-state index contributed by atoms with van der Waals surface area (Å²) < 4.78 is 10.8. The fourth-order valence-corrected chi connectivity index (χ4v) is 2.19. The lowest BCUT2D eigenvalue weighted by Gasteiger charge is -2.51. The van der Waals surface area contributed by atoms with Crippen LogP contribution in [0, 0.1) is 5.41 Å². The molecule has 1 aromatic carbocycles. The van der Waals surface area contributed by atoms with Crippen molar-refractivity contribution in [2.45, 2.75) is 33.0 Å². The van der Waals surface area contributed by atoms with Crippen molar-refractivity contribution >= 4 is 5.97 Å². The van der Waals surface area contributed by atoms with Gasteiger partial charge in [0.2, 0.25) is 0 Å². The smallest absolute Gasteiger partial charge is 0.302 e. The highest BCUT2D eigenvalue weighted by Gasteiger charge is 2.50. The number of ether oxygens (including phenoxy) is 2. The van der Waals surface area contributed by atoms with Crippen molar-refractivity contribution in [2.24, 2.45) is 5.41 Å². The molecule has 1 heterocycles. The molecule has 0 radical (unpaired) electrons. The molecule has 0 saturated carbocycles. The SMILES string of the molecule is CC(=O)OC[C@@H]1O[C@H](c2ccccc2)C1(C)C. The summed E-state index contributed by atoms with van der Waals surface area (Å²) in [4.78, 5) is 10.8. The Kier molecular flexibility index (Phi) is 3.20. The van der Waals surface area contributed by atoms with E-state index in [1.807, 2.05) is 18.2 Å². The summed E-state index contributed by atoms with van der Waals surface area (Å²) in [6.07, 6.45) is 0.0702. The number of esters is 1. The van der Waals surface area contributed by atoms with Gasteiger partial charge in [-0.15, -0.1) is 0 Å². The number of rotatable bonds is 3. The van der Waals surface area contributed by atoms with Crippen LogP contribution in [0.3, 0.4) is 0 Å². The molecule has 3 nitrogen and oxygen atoms in total. The van der Waals surface area contributed by atoms with Crippen LogP contribution in [0.4, 0.5) is 0 Å². The molecule has 0 unspecified atom stereocenters. The summed E-state index contributed by atoms with van der Waals surface area (Å²) >= 11 is 0. The first-order valence-electron chi connectivity index (χ1n) is 5.85. The van der Waals surface area contributed by atoms with Gasteiger partial charge >= 0.3 is 5.97 Å². The van der Waals surface area contributed by atoms with E-state index in [0.29, 0.717) is 6.61 Å². The van der Waals surface area contributed by atoms with Crippen LogP contribution in [0.15, 0.2) is 30.3 Å². The Morgan fingerprint density at radius 1 is 1.35 bits per heavy atom. The molecule has 0 aromatic heterocycles. The zero-order valence-corrected chi connectivity index (χ0v) is 10.5. The van der Waals surface area contributed by atoms with Crippen LogP contribution < -0.4 is 0 Å². The first-order valence-corrected chi connectivity index (χ1v) is 5.85. The molecule has 1 fully saturated rings. The Morgan fingerprint density at radius 3 is 2.53 bits per heavy atom. The summed E-state index contributed by atoms with van der Waals surface area (Å²) in [6.45, 7) is 6.04. The van der Waals surface area contributed by atoms with Crippen molar-refractivity contribution in [3.05, 3.63) is 35.9 Å². The zero-order chi connectivity index (χ0) is 12.5. The predicted molar refractivity (Wildman–Crippen MR) is 64.5 cm³/mol. The van der Waals surface area contributed by atoms with Gasteiger partial charge in [0.15, 0.2) is 0 Å². The van der Waals surface area contributed by atoms with E-state index in [-0.39, 0.29) is 23.6 Å². The number of carbonyl (C=O) groups is 1. The maximum atomic E-state index is 10.8. The summed E-state index contributed by atoms with van der Waals surface area (Å²) in [5.41, 5.74) is 1.17. The molecule has 0 bridgehead atoms. The summed E-state index contributed by atoms with van der Waals surface area (Å²) in [7, 11) is 0. The highest BCUT2D eigenvalue weighted by Crippen LogP contribution is 2.50. The Morgan fingerprint density at radius 2 is 2.00 bits per heavy atom. The van der Waals surface area contributed by atoms with E-state index in [0.717, 1.165) is 0 Å². The number of hydrogen-bond donors (Lipinski definition) is 0. The lowest BCUT2D eigenvalue weighted by Crippen LogP contribution is -2.52. The summed E-state index contributed by atoms with van der Waals surface area (Å²) in [6, 6.07) is 10.1. The van der Waals surface area contributed by atoms with Gasteiger partial charge in [-0.3, -0.25) is 4.79 Å². The van der Waals surface area contributed by atoms with E-state index in [4.69, 9.17) is 9.47 Å². The normalized spacial score (nSPS) is 26.1. The second-order valence-corrected chi connectivity index (χ2v) is 5.04. The number of benzene rings is 1. The van der Waals surface area contributed by atoms with Crippen LogP contribution in [0.1, 0.15) is 32.4 Å². The molecule has 1 saturated heterocycles. The third kappa shape index (κ3) is 2.34. The Bertz CT molecular complexity index is 397. The minimum absolute atomic E-state index is 0.00317. The van der Waals surface area contributed by atoms with Gasteiger partial charge in [-0.25, -0.2) is 0 Å². The van der Waals surface area contributed by atoms with Crippen LogP contribution in [0.5, 0.6) is 0 Å². The van der Waals surface area contributed by atoms with Crippen LogP contribution in [0.25, 0.3) is 0 Å². The molecular weight excluding hydrogens is 216 g/mol. The molecule has 3 heteroatoms. The minimum atomic E-state index is -0.257. The standard InChI is InChI=1S/C14H18O3/c1-10(15)16-9-12-14(2,3)13(17-12)11-7-5-4-6-8-11/h4-8,12-13H,9H2,1-3H3/t12-,13+/m0/s1. The van der Waals surface area contributed by atoms with Gasteiger partial charge < -0.3 is 9.47 Å². The average Bonchev–Trinajstić information content (AvgIpc) is 2.28. The Labute approximate surface area is 102 Å². The van der Waals surface area contributed by atoms with Crippen molar-refractivity contribution in [3.8, 4) is 0 Å². The maximum absolute atomic E-state index is 10.8. The number of hydrogen-bond acceptors (Lipinski definition) is 3. The summed E-state index contributed by atoms with van der Waals surface area (Å²) in [5, 5.41) is 0. The summed E-state index contributed by atoms with van der Waals surface area (Å²) in [5.74, 6) is -0.257. The quantitative estimate of drug-likeness (QED) is 0.754. The molecule has 1 aliphatic heterocycles. The maximum Gasteiger partial charge on any atom is 0.302 e. The van der Waals surface area contributed by atoms with Crippen molar-refractivity contribution in [1.82, 2.24) is 0 Å². The molecule has 0 spiro atoms. The van der Waals surface area contributed by atoms with E-state index >= 15 is 0 Å². The molecule has 2 rings (SSSR count). The highest BCUT2D eigenvalue weighted by molar-refractivity contribution is 5.65. The van der Waals surface area contributed by atoms with Gasteiger partial charge in [0.1, 0.15) is 12.7 Å². The van der Waals surface area contributed by atoms with Crippen molar-refractivity contribution in [1.29, 1.82) is 0 Å². The van der Waals surface area contributed by atoms with Gasteiger partial charge in [0.05, 0.1) is 6.10 Å². The zero-order valence-electron chi connectivity index (χ0n) is 10.5. The molecule has 92 valence electrons. The van der Waals surface area contributed by atoms with Crippen LogP contribution in [0.2, 0.25) is 0 Å². The fourth-order valence-electron chi connectivity index (χ4n) is 2.19. The first kappa shape index (κ1) is 12.1. The first-order chi connectivity index (χ1) is 8.01. The second kappa shape index (κ2) is 4.49. The third-order valence-electron chi connectivity index (χ3n) is 3.35. The van der Waals surface area contributed by atoms with Crippen molar-refractivity contribution in [2.75, 3.05) is 6.61 Å². The topological polar surface area (TPSA) is 35.5 Å². The van der Waals surface area contributed by atoms with Gasteiger partial charge in [0.25, 0.3) is 0 Å². The van der Waals surface area contributed by atoms with E-state index in [1.54, 1.807) is 0 Å². The highest BCUT2D eigenvalue weighted by atomic mass is 16.6. The van der Waals surface area contributed by atoms with E-state index in [2.05, 4.69) is 26.0 Å². The fraction of sp³-hybridized carbons (Fsp3) is 0.500. The molecular formula is C14H18O3. The molecule has 0 aliphatic carbocycles. The molecule has 17 heavy (non-hydrogen) atoms. The molecule has 0 amide bonds. The van der Waals surface area contributed by atoms with Gasteiger partial charge in [0, 0.05) is 12.3 Å². The van der Waals surface area contributed by atoms with Crippen molar-refractivity contribution < 1.29 is 14.3 Å². The van der Waals surface area contributed by atoms with Gasteiger partial charge in [-0.2, -0.15) is 0 Å². The second-order valence-electron chi connectivity index (χ2n) is 5.04. The largest absolute Gasteiger partial charge is 0.463 e. The van der Waals surface area contributed by atoms with E-state index in [1.165, 1.54) is 12.5 Å². The van der Waals surface area contributed by atoms with Crippen molar-refractivity contribution in [3.63, 3.8) is 0 Å². The van der Waals surface area contributed by atoms with Crippen LogP contribution in [-0.4, -0.2) is 18.7 Å². The molecule has 1 aromatic rings. The average molecular weight is 234 g/mol. The van der Waals surface area contributed by atoms with E-state index < -0.39 is 0 Å². The minimum Gasteiger partial charge on any atom is -0.463 e. The predicted octanol–water partition coefficient (Wildman–Crippen LogP) is 2.72. The molecule has 2 atom stereocenters. The number of carbonyl (C=O) groups excluding carboxylic acids is 1. The van der Waals surface area contributed by atoms with E-state index in [9.17, 15) is 4.79 Å². The van der Waals surface area contributed by atoms with Crippen LogP contribution in [-0.2, 0) is 14.3 Å². The lowest BCUT2D eigenvalue weighted by atomic mass is 9.72. The lowest BCUT2D eigenvalue weighted by molar-refractivity contribution is -0.253. The Balaban J connectivity index is 2.00. The molecule has 1 aliphatic rings. The monoisotopic (exact) mass is 234 g/mol. The van der Waals surface area contributed by atoms with Crippen LogP contribution >= 0.6 is 0 Å². The molecule has 0 N–H and O–H groups in total. The van der Waals surface area contributed by atoms with Gasteiger partial charge in [-0.05, 0) is 5.56 Å². The third-order valence-corrected chi connectivity index (χ3v) is 3.35.